The molecule has 1 heterocycles. The second kappa shape index (κ2) is 5.83. The third kappa shape index (κ3) is 3.63. The van der Waals surface area contributed by atoms with Gasteiger partial charge in [-0.1, -0.05) is 13.8 Å². The predicted molar refractivity (Wildman–Crippen MR) is 83.4 cm³/mol. The summed E-state index contributed by atoms with van der Waals surface area (Å²) < 4.78 is 31.9. The molecule has 0 radical (unpaired) electrons. The van der Waals surface area contributed by atoms with Crippen LogP contribution in [0.5, 0.6) is 5.88 Å². The third-order valence-corrected chi connectivity index (χ3v) is 4.49. The Morgan fingerprint density at radius 3 is 2.65 bits per heavy atom. The fourth-order valence-electron chi connectivity index (χ4n) is 3.03. The highest BCUT2D eigenvalue weighted by Gasteiger charge is 2.28. The van der Waals surface area contributed by atoms with Crippen molar-refractivity contribution in [1.29, 1.82) is 0 Å². The smallest absolute Gasteiger partial charge is 0.393 e. The van der Waals surface area contributed by atoms with E-state index in [9.17, 15) is 13.6 Å². The van der Waals surface area contributed by atoms with E-state index in [2.05, 4.69) is 24.1 Å². The molecule has 1 aromatic heterocycles. The summed E-state index contributed by atoms with van der Waals surface area (Å²) >= 11 is 0. The molecule has 1 aliphatic rings. The maximum atomic E-state index is 13.6. The summed E-state index contributed by atoms with van der Waals surface area (Å²) in [5, 5.41) is 3.02. The fraction of sp³-hybridized carbons (Fsp3) is 0.471. The number of amides is 1. The molecule has 1 fully saturated rings. The summed E-state index contributed by atoms with van der Waals surface area (Å²) in [4.78, 5) is 14.6. The molecule has 1 aromatic carbocycles. The standard InChI is InChI=1S/C17H20F2N2O2/c1-17(2)5-3-11(4-6-17)20-16(22)23-15-9-12-13(19)7-10(18)8-14(12)21-15/h7-9,11,21H,3-6H2,1-2H3,(H,20,22). The first-order valence-electron chi connectivity index (χ1n) is 7.78. The van der Waals surface area contributed by atoms with E-state index in [1.54, 1.807) is 0 Å². The van der Waals surface area contributed by atoms with Crippen molar-refractivity contribution in [1.82, 2.24) is 10.3 Å². The molecule has 23 heavy (non-hydrogen) atoms. The van der Waals surface area contributed by atoms with Gasteiger partial charge in [0.25, 0.3) is 0 Å². The first-order chi connectivity index (χ1) is 10.8. The first-order valence-corrected chi connectivity index (χ1v) is 7.78. The van der Waals surface area contributed by atoms with Crippen molar-refractivity contribution >= 4 is 17.0 Å². The number of carbonyl (C=O) groups excluding carboxylic acids is 1. The van der Waals surface area contributed by atoms with Crippen molar-refractivity contribution in [2.75, 3.05) is 0 Å². The normalized spacial score (nSPS) is 18.1. The van der Waals surface area contributed by atoms with Crippen LogP contribution < -0.4 is 10.1 Å². The maximum absolute atomic E-state index is 13.6. The van der Waals surface area contributed by atoms with Gasteiger partial charge in [-0.25, -0.2) is 13.6 Å². The molecule has 0 aliphatic heterocycles. The number of hydrogen-bond donors (Lipinski definition) is 2. The lowest BCUT2D eigenvalue weighted by Gasteiger charge is -2.34. The zero-order chi connectivity index (χ0) is 16.6. The molecule has 1 amide bonds. The molecule has 3 rings (SSSR count). The average Bonchev–Trinajstić information content (AvgIpc) is 2.83. The molecule has 2 aromatic rings. The van der Waals surface area contributed by atoms with Gasteiger partial charge in [-0.2, -0.15) is 0 Å². The Morgan fingerprint density at radius 2 is 1.96 bits per heavy atom. The van der Waals surface area contributed by atoms with Crippen LogP contribution in [0.1, 0.15) is 39.5 Å². The number of rotatable bonds is 2. The molecule has 6 heteroatoms. The molecule has 124 valence electrons. The number of hydrogen-bond acceptors (Lipinski definition) is 2. The van der Waals surface area contributed by atoms with Crippen LogP contribution in [0.4, 0.5) is 13.6 Å². The van der Waals surface area contributed by atoms with Gasteiger partial charge < -0.3 is 15.0 Å². The van der Waals surface area contributed by atoms with Gasteiger partial charge in [0, 0.05) is 23.6 Å². The molecular formula is C17H20F2N2O2. The van der Waals surface area contributed by atoms with Gasteiger partial charge >= 0.3 is 6.09 Å². The Hall–Kier alpha value is -2.11. The van der Waals surface area contributed by atoms with Gasteiger partial charge in [-0.15, -0.1) is 0 Å². The minimum atomic E-state index is -0.693. The van der Waals surface area contributed by atoms with Crippen molar-refractivity contribution in [2.24, 2.45) is 5.41 Å². The molecule has 1 aliphatic carbocycles. The lowest BCUT2D eigenvalue weighted by atomic mass is 9.76. The van der Waals surface area contributed by atoms with Gasteiger partial charge in [0.05, 0.1) is 5.52 Å². The molecule has 4 nitrogen and oxygen atoms in total. The van der Waals surface area contributed by atoms with E-state index in [4.69, 9.17) is 4.74 Å². The van der Waals surface area contributed by atoms with Crippen LogP contribution in [0.2, 0.25) is 0 Å². The van der Waals surface area contributed by atoms with Crippen molar-refractivity contribution in [3.8, 4) is 5.88 Å². The van der Waals surface area contributed by atoms with E-state index in [0.29, 0.717) is 5.41 Å². The number of benzene rings is 1. The molecule has 0 bridgehead atoms. The van der Waals surface area contributed by atoms with Gasteiger partial charge in [-0.3, -0.25) is 0 Å². The first kappa shape index (κ1) is 15.8. The van der Waals surface area contributed by atoms with Gasteiger partial charge in [0.1, 0.15) is 11.6 Å². The van der Waals surface area contributed by atoms with Crippen LogP contribution in [0.3, 0.4) is 0 Å². The van der Waals surface area contributed by atoms with Gasteiger partial charge in [0.2, 0.25) is 5.88 Å². The molecule has 2 N–H and O–H groups in total. The summed E-state index contributed by atoms with van der Waals surface area (Å²) in [5.41, 5.74) is 0.575. The van der Waals surface area contributed by atoms with Crippen molar-refractivity contribution in [2.45, 2.75) is 45.6 Å². The number of aromatic nitrogens is 1. The molecule has 0 unspecified atom stereocenters. The molecular weight excluding hydrogens is 302 g/mol. The monoisotopic (exact) mass is 322 g/mol. The summed E-state index contributed by atoms with van der Waals surface area (Å²) in [5.74, 6) is -1.28. The largest absolute Gasteiger partial charge is 0.414 e. The van der Waals surface area contributed by atoms with Crippen LogP contribution in [0.25, 0.3) is 10.9 Å². The molecule has 0 saturated heterocycles. The van der Waals surface area contributed by atoms with E-state index >= 15 is 0 Å². The zero-order valence-corrected chi connectivity index (χ0v) is 13.2. The molecule has 0 spiro atoms. The highest BCUT2D eigenvalue weighted by atomic mass is 19.1. The average molecular weight is 322 g/mol. The lowest BCUT2D eigenvalue weighted by molar-refractivity contribution is 0.173. The zero-order valence-electron chi connectivity index (χ0n) is 13.2. The van der Waals surface area contributed by atoms with Crippen LogP contribution in [-0.2, 0) is 0 Å². The molecule has 0 atom stereocenters. The van der Waals surface area contributed by atoms with Crippen molar-refractivity contribution in [3.63, 3.8) is 0 Å². The van der Waals surface area contributed by atoms with Crippen LogP contribution in [-0.4, -0.2) is 17.1 Å². The number of fused-ring (bicyclic) bond motifs is 1. The SMILES string of the molecule is CC1(C)CCC(NC(=O)Oc2cc3c(F)cc(F)cc3[nH]2)CC1. The minimum absolute atomic E-state index is 0.0917. The summed E-state index contributed by atoms with van der Waals surface area (Å²) in [6, 6.07) is 3.40. The molecule has 1 saturated carbocycles. The number of carbonyl (C=O) groups is 1. The Kier molecular flexibility index (Phi) is 4.00. The lowest BCUT2D eigenvalue weighted by Crippen LogP contribution is -2.40. The summed E-state index contributed by atoms with van der Waals surface area (Å²) in [6.07, 6.45) is 3.34. The highest BCUT2D eigenvalue weighted by molar-refractivity contribution is 5.83. The van der Waals surface area contributed by atoms with E-state index in [-0.39, 0.29) is 22.8 Å². The highest BCUT2D eigenvalue weighted by Crippen LogP contribution is 2.35. The van der Waals surface area contributed by atoms with E-state index in [1.807, 2.05) is 0 Å². The third-order valence-electron chi connectivity index (χ3n) is 4.49. The number of H-pyrrole nitrogens is 1. The van der Waals surface area contributed by atoms with Crippen LogP contribution >= 0.6 is 0 Å². The number of aromatic amines is 1. The Balaban J connectivity index is 1.63. The van der Waals surface area contributed by atoms with E-state index in [0.717, 1.165) is 37.8 Å². The minimum Gasteiger partial charge on any atom is -0.393 e. The topological polar surface area (TPSA) is 54.1 Å². The van der Waals surface area contributed by atoms with Crippen LogP contribution in [0.15, 0.2) is 18.2 Å². The van der Waals surface area contributed by atoms with E-state index in [1.165, 1.54) is 6.07 Å². The number of halogens is 2. The summed E-state index contributed by atoms with van der Waals surface area (Å²) in [7, 11) is 0. The van der Waals surface area contributed by atoms with Crippen LogP contribution in [0, 0.1) is 17.0 Å². The summed E-state index contributed by atoms with van der Waals surface area (Å²) in [6.45, 7) is 4.44. The number of nitrogens with one attached hydrogen (secondary N) is 2. The Morgan fingerprint density at radius 1 is 1.26 bits per heavy atom. The number of ether oxygens (including phenoxy) is 1. The Labute approximate surface area is 133 Å². The fourth-order valence-corrected chi connectivity index (χ4v) is 3.03. The predicted octanol–water partition coefficient (Wildman–Crippen LogP) is 4.50. The van der Waals surface area contributed by atoms with Gasteiger partial charge in [0.15, 0.2) is 0 Å². The second-order valence-electron chi connectivity index (χ2n) is 6.95. The van der Waals surface area contributed by atoms with E-state index < -0.39 is 17.7 Å². The maximum Gasteiger partial charge on any atom is 0.414 e. The van der Waals surface area contributed by atoms with Crippen molar-refractivity contribution < 1.29 is 18.3 Å². The Bertz CT molecular complexity index is 730. The van der Waals surface area contributed by atoms with Gasteiger partial charge in [-0.05, 0) is 37.2 Å². The van der Waals surface area contributed by atoms with Crippen molar-refractivity contribution in [3.05, 3.63) is 29.8 Å². The quantitative estimate of drug-likeness (QED) is 0.855. The second-order valence-corrected chi connectivity index (χ2v) is 6.95.